The number of fused-ring (bicyclic) bond motifs is 1. The Morgan fingerprint density at radius 1 is 0.963 bits per heavy atom. The van der Waals surface area contributed by atoms with Crippen molar-refractivity contribution in [2.24, 2.45) is 10.9 Å². The van der Waals surface area contributed by atoms with Gasteiger partial charge < -0.3 is 10.6 Å². The number of benzodiazepines with no additional fused rings is 1. The van der Waals surface area contributed by atoms with Crippen LogP contribution in [0.3, 0.4) is 0 Å². The first kappa shape index (κ1) is 17.5. The van der Waals surface area contributed by atoms with Crippen LogP contribution in [0, 0.1) is 5.92 Å². The van der Waals surface area contributed by atoms with Crippen LogP contribution in [0.4, 0.5) is 5.69 Å². The molecule has 2 aliphatic rings. The molecule has 2 aromatic rings. The van der Waals surface area contributed by atoms with Crippen molar-refractivity contribution in [1.29, 1.82) is 0 Å². The van der Waals surface area contributed by atoms with E-state index in [0.717, 1.165) is 36.8 Å². The zero-order chi connectivity index (χ0) is 18.6. The normalized spacial score (nSPS) is 20.1. The standard InChI is InChI=1S/C22H23N3O2/c26-21(16-11-5-2-6-12-16)25-20-22(27)23-18-14-8-7-13-17(18)19(24-20)15-9-3-1-4-10-15/h1,3-4,7-10,13-14,16,20H,2,5-6,11-12H2,(H,23,27)(H,25,26)/t20-/m0/s1. The van der Waals surface area contributed by atoms with Crippen LogP contribution in [0.25, 0.3) is 0 Å². The zero-order valence-corrected chi connectivity index (χ0v) is 15.2. The Hall–Kier alpha value is -2.95. The van der Waals surface area contributed by atoms with Crippen LogP contribution in [-0.2, 0) is 9.59 Å². The molecular formula is C22H23N3O2. The van der Waals surface area contributed by atoms with Gasteiger partial charge in [0.1, 0.15) is 0 Å². The molecule has 0 unspecified atom stereocenters. The summed E-state index contributed by atoms with van der Waals surface area (Å²) >= 11 is 0. The first-order chi connectivity index (χ1) is 13.2. The molecule has 1 fully saturated rings. The van der Waals surface area contributed by atoms with E-state index < -0.39 is 6.17 Å². The third-order valence-electron chi connectivity index (χ3n) is 5.25. The van der Waals surface area contributed by atoms with Crippen LogP contribution in [0.15, 0.2) is 59.6 Å². The van der Waals surface area contributed by atoms with Crippen molar-refractivity contribution < 1.29 is 9.59 Å². The lowest BCUT2D eigenvalue weighted by molar-refractivity contribution is -0.129. The lowest BCUT2D eigenvalue weighted by Gasteiger charge is -2.22. The van der Waals surface area contributed by atoms with E-state index in [1.165, 1.54) is 6.42 Å². The summed E-state index contributed by atoms with van der Waals surface area (Å²) in [4.78, 5) is 30.1. The first-order valence-corrected chi connectivity index (χ1v) is 9.56. The average Bonchev–Trinajstić information content (AvgIpc) is 2.86. The molecule has 0 radical (unpaired) electrons. The van der Waals surface area contributed by atoms with E-state index in [9.17, 15) is 9.59 Å². The van der Waals surface area contributed by atoms with Crippen LogP contribution in [-0.4, -0.2) is 23.7 Å². The van der Waals surface area contributed by atoms with Crippen molar-refractivity contribution in [3.05, 3.63) is 65.7 Å². The lowest BCUT2D eigenvalue weighted by atomic mass is 9.88. The van der Waals surface area contributed by atoms with Gasteiger partial charge in [0.2, 0.25) is 12.1 Å². The number of nitrogens with zero attached hydrogens (tertiary/aromatic N) is 1. The summed E-state index contributed by atoms with van der Waals surface area (Å²) in [5.41, 5.74) is 3.18. The number of hydrogen-bond acceptors (Lipinski definition) is 3. The lowest BCUT2D eigenvalue weighted by Crippen LogP contribution is -2.45. The highest BCUT2D eigenvalue weighted by molar-refractivity contribution is 6.19. The molecule has 4 rings (SSSR count). The summed E-state index contributed by atoms with van der Waals surface area (Å²) in [6, 6.07) is 17.3. The number of nitrogens with one attached hydrogen (secondary N) is 2. The fourth-order valence-corrected chi connectivity index (χ4v) is 3.80. The van der Waals surface area contributed by atoms with Crippen molar-refractivity contribution in [2.45, 2.75) is 38.3 Å². The predicted octanol–water partition coefficient (Wildman–Crippen LogP) is 3.50. The summed E-state index contributed by atoms with van der Waals surface area (Å²) in [6.07, 6.45) is 4.16. The third-order valence-corrected chi connectivity index (χ3v) is 5.25. The fraction of sp³-hybridized carbons (Fsp3) is 0.318. The number of hydrogen-bond donors (Lipinski definition) is 2. The molecule has 1 saturated carbocycles. The van der Waals surface area contributed by atoms with Crippen LogP contribution >= 0.6 is 0 Å². The van der Waals surface area contributed by atoms with E-state index in [0.29, 0.717) is 11.4 Å². The van der Waals surface area contributed by atoms with E-state index in [1.807, 2.05) is 54.6 Å². The Morgan fingerprint density at radius 2 is 1.67 bits per heavy atom. The van der Waals surface area contributed by atoms with E-state index in [4.69, 9.17) is 0 Å². The SMILES string of the molecule is O=C(N[C@@H]1N=C(c2ccccc2)c2ccccc2NC1=O)C1CCCCC1. The van der Waals surface area contributed by atoms with Gasteiger partial charge in [-0.25, -0.2) is 4.99 Å². The molecule has 0 bridgehead atoms. The average molecular weight is 361 g/mol. The minimum Gasteiger partial charge on any atom is -0.326 e. The molecule has 2 aromatic carbocycles. The van der Waals surface area contributed by atoms with Gasteiger partial charge in [-0.3, -0.25) is 9.59 Å². The third kappa shape index (κ3) is 3.77. The second kappa shape index (κ2) is 7.74. The van der Waals surface area contributed by atoms with Crippen molar-refractivity contribution in [1.82, 2.24) is 5.32 Å². The Morgan fingerprint density at radius 3 is 2.44 bits per heavy atom. The van der Waals surface area contributed by atoms with Gasteiger partial charge >= 0.3 is 0 Å². The minimum absolute atomic E-state index is 0.0208. The molecule has 1 atom stereocenters. The molecule has 0 saturated heterocycles. The van der Waals surface area contributed by atoms with Gasteiger partial charge in [0.25, 0.3) is 5.91 Å². The van der Waals surface area contributed by atoms with E-state index in [-0.39, 0.29) is 17.7 Å². The van der Waals surface area contributed by atoms with E-state index in [1.54, 1.807) is 0 Å². The molecule has 5 heteroatoms. The largest absolute Gasteiger partial charge is 0.326 e. The monoisotopic (exact) mass is 361 g/mol. The summed E-state index contributed by atoms with van der Waals surface area (Å²) in [5, 5.41) is 5.79. The Kier molecular flexibility index (Phi) is 5.01. The van der Waals surface area contributed by atoms with Gasteiger partial charge in [0.05, 0.1) is 11.4 Å². The maximum Gasteiger partial charge on any atom is 0.269 e. The quantitative estimate of drug-likeness (QED) is 0.878. The highest BCUT2D eigenvalue weighted by Gasteiger charge is 2.29. The number of para-hydroxylation sites is 1. The van der Waals surface area contributed by atoms with Crippen molar-refractivity contribution >= 4 is 23.2 Å². The Labute approximate surface area is 158 Å². The van der Waals surface area contributed by atoms with Crippen molar-refractivity contribution in [3.8, 4) is 0 Å². The van der Waals surface area contributed by atoms with Gasteiger partial charge in [-0.1, -0.05) is 67.8 Å². The van der Waals surface area contributed by atoms with Gasteiger partial charge in [0.15, 0.2) is 0 Å². The fourth-order valence-electron chi connectivity index (χ4n) is 3.80. The maximum atomic E-state index is 12.7. The topological polar surface area (TPSA) is 70.6 Å². The number of anilines is 1. The van der Waals surface area contributed by atoms with Gasteiger partial charge in [0, 0.05) is 17.0 Å². The second-order valence-electron chi connectivity index (χ2n) is 7.12. The van der Waals surface area contributed by atoms with Crippen molar-refractivity contribution in [2.75, 3.05) is 5.32 Å². The molecule has 2 amide bonds. The summed E-state index contributed by atoms with van der Waals surface area (Å²) < 4.78 is 0. The van der Waals surface area contributed by atoms with Crippen molar-refractivity contribution in [3.63, 3.8) is 0 Å². The van der Waals surface area contributed by atoms with Crippen LogP contribution in [0.5, 0.6) is 0 Å². The number of benzene rings is 2. The van der Waals surface area contributed by atoms with Gasteiger partial charge in [-0.15, -0.1) is 0 Å². The highest BCUT2D eigenvalue weighted by Crippen LogP contribution is 2.26. The Balaban J connectivity index is 1.68. The molecule has 1 heterocycles. The number of aliphatic imine (C=N–C) groups is 1. The maximum absolute atomic E-state index is 12.7. The summed E-state index contributed by atoms with van der Waals surface area (Å²) in [6.45, 7) is 0. The summed E-state index contributed by atoms with van der Waals surface area (Å²) in [5.74, 6) is -0.401. The molecule has 2 N–H and O–H groups in total. The van der Waals surface area contributed by atoms with E-state index in [2.05, 4.69) is 15.6 Å². The molecule has 27 heavy (non-hydrogen) atoms. The molecular weight excluding hydrogens is 338 g/mol. The molecule has 1 aliphatic carbocycles. The van der Waals surface area contributed by atoms with Crippen LogP contribution < -0.4 is 10.6 Å². The van der Waals surface area contributed by atoms with Gasteiger partial charge in [-0.2, -0.15) is 0 Å². The predicted molar refractivity (Wildman–Crippen MR) is 106 cm³/mol. The number of amides is 2. The summed E-state index contributed by atoms with van der Waals surface area (Å²) in [7, 11) is 0. The number of carbonyl (C=O) groups excluding carboxylic acids is 2. The number of rotatable bonds is 3. The molecule has 0 aromatic heterocycles. The Bertz CT molecular complexity index is 870. The molecule has 0 spiro atoms. The first-order valence-electron chi connectivity index (χ1n) is 9.56. The minimum atomic E-state index is -0.929. The van der Waals surface area contributed by atoms with E-state index >= 15 is 0 Å². The number of carbonyl (C=O) groups is 2. The molecule has 1 aliphatic heterocycles. The van der Waals surface area contributed by atoms with Gasteiger partial charge in [-0.05, 0) is 18.9 Å². The zero-order valence-electron chi connectivity index (χ0n) is 15.2. The smallest absolute Gasteiger partial charge is 0.269 e. The second-order valence-corrected chi connectivity index (χ2v) is 7.12. The molecule has 5 nitrogen and oxygen atoms in total. The highest BCUT2D eigenvalue weighted by atomic mass is 16.2. The van der Waals surface area contributed by atoms with Crippen LogP contribution in [0.2, 0.25) is 0 Å². The molecule has 138 valence electrons. The van der Waals surface area contributed by atoms with Crippen LogP contribution in [0.1, 0.15) is 43.2 Å².